The van der Waals surface area contributed by atoms with Gasteiger partial charge in [0.2, 0.25) is 5.95 Å². The summed E-state index contributed by atoms with van der Waals surface area (Å²) in [4.78, 5) is 28.7. The number of hydrogen-bond acceptors (Lipinski definition) is 7. The third kappa shape index (κ3) is 4.59. The van der Waals surface area contributed by atoms with E-state index in [1.165, 1.54) is 5.69 Å². The Bertz CT molecular complexity index is 1280. The zero-order valence-corrected chi connectivity index (χ0v) is 18.5. The summed E-state index contributed by atoms with van der Waals surface area (Å²) in [6, 6.07) is 17.7. The van der Waals surface area contributed by atoms with Gasteiger partial charge in [0, 0.05) is 73.0 Å². The van der Waals surface area contributed by atoms with Crippen molar-refractivity contribution in [2.45, 2.75) is 6.54 Å². The Labute approximate surface area is 191 Å². The third-order valence-electron chi connectivity index (χ3n) is 5.96. The Balaban J connectivity index is 1.21. The van der Waals surface area contributed by atoms with Crippen LogP contribution in [0.5, 0.6) is 5.75 Å². The lowest BCUT2D eigenvalue weighted by molar-refractivity contribution is 0.415. The number of aromatic nitrogens is 3. The predicted octanol–water partition coefficient (Wildman–Crippen LogP) is 3.27. The molecule has 1 fully saturated rings. The first kappa shape index (κ1) is 20.8. The van der Waals surface area contributed by atoms with Crippen LogP contribution in [0.3, 0.4) is 0 Å². The molecule has 0 saturated carbocycles. The Hall–Kier alpha value is -4.07. The molecule has 0 aliphatic carbocycles. The highest BCUT2D eigenvalue weighted by atomic mass is 16.5. The first-order chi connectivity index (χ1) is 16.2. The molecular formula is C25H26N6O2. The first-order valence-electron chi connectivity index (χ1n) is 11.0. The number of anilines is 3. The second-order valence-electron chi connectivity index (χ2n) is 8.00. The second kappa shape index (κ2) is 9.20. The molecule has 0 atom stereocenters. The molecule has 4 aromatic rings. The molecule has 8 nitrogen and oxygen atoms in total. The molecule has 2 aromatic carbocycles. The van der Waals surface area contributed by atoms with Crippen LogP contribution >= 0.6 is 0 Å². The summed E-state index contributed by atoms with van der Waals surface area (Å²) in [7, 11) is 1.64. The van der Waals surface area contributed by atoms with E-state index in [9.17, 15) is 4.79 Å². The van der Waals surface area contributed by atoms with Crippen molar-refractivity contribution in [1.82, 2.24) is 15.0 Å². The van der Waals surface area contributed by atoms with Crippen LogP contribution in [-0.2, 0) is 6.54 Å². The number of methoxy groups -OCH3 is 1. The fourth-order valence-electron chi connectivity index (χ4n) is 4.09. The van der Waals surface area contributed by atoms with Crippen LogP contribution in [0.4, 0.5) is 17.3 Å². The van der Waals surface area contributed by atoms with Gasteiger partial charge in [-0.15, -0.1) is 0 Å². The molecule has 0 amide bonds. The van der Waals surface area contributed by atoms with E-state index in [-0.39, 0.29) is 5.56 Å². The zero-order valence-electron chi connectivity index (χ0n) is 18.5. The van der Waals surface area contributed by atoms with Gasteiger partial charge in [-0.3, -0.25) is 4.79 Å². The summed E-state index contributed by atoms with van der Waals surface area (Å²) in [5.74, 6) is 1.56. The molecular weight excluding hydrogens is 416 g/mol. The lowest BCUT2D eigenvalue weighted by atomic mass is 10.1. The molecule has 5 rings (SSSR count). The molecule has 0 spiro atoms. The Kier molecular flexibility index (Phi) is 5.80. The van der Waals surface area contributed by atoms with Crippen LogP contribution in [0.1, 0.15) is 5.56 Å². The number of H-pyrrole nitrogens is 1. The number of rotatable bonds is 6. The molecule has 3 heterocycles. The maximum Gasteiger partial charge on any atom is 0.253 e. The van der Waals surface area contributed by atoms with Crippen LogP contribution in [-0.4, -0.2) is 48.2 Å². The summed E-state index contributed by atoms with van der Waals surface area (Å²) < 4.78 is 5.29. The number of ether oxygens (including phenoxy) is 1. The van der Waals surface area contributed by atoms with Gasteiger partial charge in [-0.1, -0.05) is 0 Å². The highest BCUT2D eigenvalue weighted by molar-refractivity contribution is 5.80. The van der Waals surface area contributed by atoms with Crippen molar-refractivity contribution in [3.8, 4) is 5.75 Å². The van der Waals surface area contributed by atoms with Gasteiger partial charge in [-0.25, -0.2) is 9.97 Å². The molecule has 0 radical (unpaired) electrons. The van der Waals surface area contributed by atoms with Gasteiger partial charge in [0.1, 0.15) is 5.75 Å². The van der Waals surface area contributed by atoms with Crippen molar-refractivity contribution in [3.63, 3.8) is 0 Å². The van der Waals surface area contributed by atoms with Crippen LogP contribution in [0.15, 0.2) is 71.8 Å². The van der Waals surface area contributed by atoms with Crippen LogP contribution in [0.25, 0.3) is 10.9 Å². The normalized spacial score (nSPS) is 13.8. The van der Waals surface area contributed by atoms with Crippen molar-refractivity contribution in [1.29, 1.82) is 0 Å². The molecule has 168 valence electrons. The van der Waals surface area contributed by atoms with E-state index in [1.54, 1.807) is 19.5 Å². The van der Waals surface area contributed by atoms with Gasteiger partial charge in [-0.05, 0) is 54.6 Å². The van der Waals surface area contributed by atoms with E-state index in [0.717, 1.165) is 54.5 Å². The molecule has 2 aromatic heterocycles. The standard InChI is InChI=1S/C25H26N6O2/c1-33-22-7-8-23-18(16-22)15-19(24(32)29-23)17-28-20-3-5-21(6-4-20)30-11-13-31(14-12-30)25-26-9-2-10-27-25/h2-10,15-16,28H,11-14,17H2,1H3,(H,29,32). The molecule has 0 bridgehead atoms. The number of piperazine rings is 1. The minimum atomic E-state index is -0.0861. The lowest BCUT2D eigenvalue weighted by Crippen LogP contribution is -2.47. The summed E-state index contributed by atoms with van der Waals surface area (Å²) in [5.41, 5.74) is 3.55. The molecule has 2 N–H and O–H groups in total. The van der Waals surface area contributed by atoms with Crippen molar-refractivity contribution in [2.24, 2.45) is 0 Å². The zero-order chi connectivity index (χ0) is 22.6. The van der Waals surface area contributed by atoms with Crippen LogP contribution < -0.4 is 25.4 Å². The quantitative estimate of drug-likeness (QED) is 0.474. The molecule has 1 saturated heterocycles. The highest BCUT2D eigenvalue weighted by Gasteiger charge is 2.18. The van der Waals surface area contributed by atoms with Crippen LogP contribution in [0.2, 0.25) is 0 Å². The van der Waals surface area contributed by atoms with Crippen molar-refractivity contribution in [3.05, 3.63) is 82.9 Å². The maximum absolute atomic E-state index is 12.5. The maximum atomic E-state index is 12.5. The molecule has 0 unspecified atom stereocenters. The number of fused-ring (bicyclic) bond motifs is 1. The van der Waals surface area contributed by atoms with E-state index in [4.69, 9.17) is 4.74 Å². The van der Waals surface area contributed by atoms with Gasteiger partial charge in [0.15, 0.2) is 0 Å². The highest BCUT2D eigenvalue weighted by Crippen LogP contribution is 2.22. The number of pyridine rings is 1. The van der Waals surface area contributed by atoms with E-state index in [0.29, 0.717) is 12.1 Å². The van der Waals surface area contributed by atoms with E-state index in [2.05, 4.69) is 54.3 Å². The summed E-state index contributed by atoms with van der Waals surface area (Å²) in [6.07, 6.45) is 3.56. The fraction of sp³-hybridized carbons (Fsp3) is 0.240. The van der Waals surface area contributed by atoms with Crippen LogP contribution in [0, 0.1) is 0 Å². The lowest BCUT2D eigenvalue weighted by Gasteiger charge is -2.36. The van der Waals surface area contributed by atoms with Gasteiger partial charge in [-0.2, -0.15) is 0 Å². The monoisotopic (exact) mass is 442 g/mol. The van der Waals surface area contributed by atoms with E-state index in [1.807, 2.05) is 30.3 Å². The summed E-state index contributed by atoms with van der Waals surface area (Å²) in [6.45, 7) is 4.05. The van der Waals surface area contributed by atoms with E-state index >= 15 is 0 Å². The summed E-state index contributed by atoms with van der Waals surface area (Å²) in [5, 5.41) is 4.30. The van der Waals surface area contributed by atoms with Crippen molar-refractivity contribution in [2.75, 3.05) is 48.4 Å². The van der Waals surface area contributed by atoms with Gasteiger partial charge in [0.05, 0.1) is 7.11 Å². The average molecular weight is 443 g/mol. The van der Waals surface area contributed by atoms with Crippen molar-refractivity contribution < 1.29 is 4.74 Å². The minimum Gasteiger partial charge on any atom is -0.497 e. The minimum absolute atomic E-state index is 0.0861. The summed E-state index contributed by atoms with van der Waals surface area (Å²) >= 11 is 0. The Morgan fingerprint density at radius 3 is 2.42 bits per heavy atom. The van der Waals surface area contributed by atoms with Gasteiger partial charge < -0.3 is 24.8 Å². The number of aromatic amines is 1. The Morgan fingerprint density at radius 2 is 1.70 bits per heavy atom. The number of benzene rings is 2. The van der Waals surface area contributed by atoms with Gasteiger partial charge in [0.25, 0.3) is 5.56 Å². The fourth-order valence-corrected chi connectivity index (χ4v) is 4.09. The molecule has 1 aliphatic heterocycles. The molecule has 1 aliphatic rings. The van der Waals surface area contributed by atoms with Gasteiger partial charge >= 0.3 is 0 Å². The number of hydrogen-bond donors (Lipinski definition) is 2. The smallest absolute Gasteiger partial charge is 0.253 e. The Morgan fingerprint density at radius 1 is 0.970 bits per heavy atom. The number of nitrogens with one attached hydrogen (secondary N) is 2. The number of nitrogens with zero attached hydrogens (tertiary/aromatic N) is 4. The molecule has 33 heavy (non-hydrogen) atoms. The van der Waals surface area contributed by atoms with E-state index < -0.39 is 0 Å². The molecule has 8 heteroatoms. The largest absolute Gasteiger partial charge is 0.497 e. The predicted molar refractivity (Wildman–Crippen MR) is 131 cm³/mol. The first-order valence-corrected chi connectivity index (χ1v) is 11.0. The average Bonchev–Trinajstić information content (AvgIpc) is 2.88. The second-order valence-corrected chi connectivity index (χ2v) is 8.00. The van der Waals surface area contributed by atoms with Crippen molar-refractivity contribution >= 4 is 28.2 Å². The topological polar surface area (TPSA) is 86.4 Å². The SMILES string of the molecule is COc1ccc2[nH]c(=O)c(CNc3ccc(N4CCN(c5ncccn5)CC4)cc3)cc2c1. The third-order valence-corrected chi connectivity index (χ3v) is 5.96.